The number of nitrogens with zero attached hydrogens (tertiary/aromatic N) is 1. The zero-order valence-corrected chi connectivity index (χ0v) is 12.9. The summed E-state index contributed by atoms with van der Waals surface area (Å²) in [6.07, 6.45) is 0.672. The van der Waals surface area contributed by atoms with Gasteiger partial charge in [-0.15, -0.1) is 0 Å². The van der Waals surface area contributed by atoms with E-state index in [4.69, 9.17) is 5.11 Å². The van der Waals surface area contributed by atoms with E-state index >= 15 is 0 Å². The zero-order chi connectivity index (χ0) is 15.5. The molecule has 1 heterocycles. The van der Waals surface area contributed by atoms with Crippen molar-refractivity contribution < 1.29 is 18.3 Å². The maximum absolute atomic E-state index is 12.4. The van der Waals surface area contributed by atoms with E-state index in [0.29, 0.717) is 19.5 Å². The van der Waals surface area contributed by atoms with Gasteiger partial charge in [-0.05, 0) is 23.8 Å². The van der Waals surface area contributed by atoms with Crippen LogP contribution in [0.1, 0.15) is 31.2 Å². The molecule has 1 fully saturated rings. The molecule has 5 nitrogen and oxygen atoms in total. The quantitative estimate of drug-likeness (QED) is 0.871. The SMILES string of the molecule is CC(CS(=O)(=O)N1CCC(CC(=O)O)C1)c1ccccc1. The molecule has 0 radical (unpaired) electrons. The van der Waals surface area contributed by atoms with Crippen LogP contribution in [0.4, 0.5) is 0 Å². The number of carboxylic acids is 1. The molecule has 0 amide bonds. The van der Waals surface area contributed by atoms with Gasteiger partial charge in [0.2, 0.25) is 10.0 Å². The van der Waals surface area contributed by atoms with Gasteiger partial charge in [-0.2, -0.15) is 0 Å². The summed E-state index contributed by atoms with van der Waals surface area (Å²) in [5, 5.41) is 8.79. The summed E-state index contributed by atoms with van der Waals surface area (Å²) < 4.78 is 26.3. The van der Waals surface area contributed by atoms with E-state index < -0.39 is 16.0 Å². The van der Waals surface area contributed by atoms with Crippen molar-refractivity contribution in [1.29, 1.82) is 0 Å². The molecule has 2 atom stereocenters. The lowest BCUT2D eigenvalue weighted by atomic mass is 10.0. The molecular formula is C15H21NO4S. The van der Waals surface area contributed by atoms with Gasteiger partial charge in [-0.25, -0.2) is 12.7 Å². The van der Waals surface area contributed by atoms with Gasteiger partial charge in [-0.1, -0.05) is 37.3 Å². The molecule has 2 unspecified atom stereocenters. The third-order valence-corrected chi connectivity index (χ3v) is 5.97. The first kappa shape index (κ1) is 16.0. The lowest BCUT2D eigenvalue weighted by Gasteiger charge is -2.19. The second-order valence-corrected chi connectivity index (χ2v) is 7.71. The van der Waals surface area contributed by atoms with Gasteiger partial charge in [0.15, 0.2) is 0 Å². The van der Waals surface area contributed by atoms with Crippen LogP contribution in [0.3, 0.4) is 0 Å². The standard InChI is InChI=1S/C15H21NO4S/c1-12(14-5-3-2-4-6-14)11-21(19,20)16-8-7-13(10-16)9-15(17)18/h2-6,12-13H,7-11H2,1H3,(H,17,18). The third-order valence-electron chi connectivity index (χ3n) is 3.93. The van der Waals surface area contributed by atoms with Gasteiger partial charge in [0, 0.05) is 19.5 Å². The molecule has 0 spiro atoms. The molecule has 0 bridgehead atoms. The average molecular weight is 311 g/mol. The Morgan fingerprint density at radius 1 is 1.38 bits per heavy atom. The van der Waals surface area contributed by atoms with E-state index in [9.17, 15) is 13.2 Å². The Hall–Kier alpha value is -1.40. The topological polar surface area (TPSA) is 74.7 Å². The largest absolute Gasteiger partial charge is 0.481 e. The van der Waals surface area contributed by atoms with Crippen molar-refractivity contribution >= 4 is 16.0 Å². The molecule has 2 rings (SSSR count). The van der Waals surface area contributed by atoms with Gasteiger partial charge in [0.25, 0.3) is 0 Å². The summed E-state index contributed by atoms with van der Waals surface area (Å²) in [5.41, 5.74) is 1.00. The zero-order valence-electron chi connectivity index (χ0n) is 12.1. The monoisotopic (exact) mass is 311 g/mol. The third kappa shape index (κ3) is 4.28. The second kappa shape index (κ2) is 6.58. The van der Waals surface area contributed by atoms with Gasteiger partial charge in [-0.3, -0.25) is 4.79 Å². The molecule has 0 aliphatic carbocycles. The van der Waals surface area contributed by atoms with Crippen molar-refractivity contribution in [2.24, 2.45) is 5.92 Å². The van der Waals surface area contributed by atoms with Crippen molar-refractivity contribution in [2.75, 3.05) is 18.8 Å². The molecule has 1 aliphatic rings. The van der Waals surface area contributed by atoms with Crippen LogP contribution in [0.2, 0.25) is 0 Å². The first-order chi connectivity index (χ1) is 9.88. The molecular weight excluding hydrogens is 290 g/mol. The highest BCUT2D eigenvalue weighted by atomic mass is 32.2. The van der Waals surface area contributed by atoms with Gasteiger partial charge < -0.3 is 5.11 Å². The van der Waals surface area contributed by atoms with Crippen LogP contribution in [0.15, 0.2) is 30.3 Å². The predicted molar refractivity (Wildman–Crippen MR) is 80.6 cm³/mol. The second-order valence-electron chi connectivity index (χ2n) is 5.70. The summed E-state index contributed by atoms with van der Waals surface area (Å²) >= 11 is 0. The van der Waals surface area contributed by atoms with Crippen molar-refractivity contribution in [3.05, 3.63) is 35.9 Å². The molecule has 6 heteroatoms. The number of carbonyl (C=O) groups is 1. The summed E-state index contributed by atoms with van der Waals surface area (Å²) in [6.45, 7) is 2.66. The molecule has 0 aromatic heterocycles. The minimum absolute atomic E-state index is 0.0419. The molecule has 1 aromatic carbocycles. The Labute approximate surface area is 125 Å². The highest BCUT2D eigenvalue weighted by Crippen LogP contribution is 2.25. The van der Waals surface area contributed by atoms with Crippen LogP contribution in [-0.4, -0.2) is 42.6 Å². The Balaban J connectivity index is 1.98. The fourth-order valence-corrected chi connectivity index (χ4v) is 4.62. The van der Waals surface area contributed by atoms with Gasteiger partial charge in [0.1, 0.15) is 0 Å². The molecule has 1 aromatic rings. The number of hydrogen-bond acceptors (Lipinski definition) is 3. The van der Waals surface area contributed by atoms with Crippen molar-refractivity contribution in [3.63, 3.8) is 0 Å². The van der Waals surface area contributed by atoms with Gasteiger partial charge in [0.05, 0.1) is 5.75 Å². The number of sulfonamides is 1. The average Bonchev–Trinajstić information content (AvgIpc) is 2.88. The molecule has 1 N–H and O–H groups in total. The fourth-order valence-electron chi connectivity index (χ4n) is 2.76. The van der Waals surface area contributed by atoms with E-state index in [2.05, 4.69) is 0 Å². The van der Waals surface area contributed by atoms with E-state index in [1.165, 1.54) is 4.31 Å². The summed E-state index contributed by atoms with van der Waals surface area (Å²) in [5.74, 6) is -0.937. The number of aliphatic carboxylic acids is 1. The molecule has 21 heavy (non-hydrogen) atoms. The summed E-state index contributed by atoms with van der Waals surface area (Å²) in [6, 6.07) is 9.56. The minimum Gasteiger partial charge on any atom is -0.481 e. The molecule has 116 valence electrons. The maximum Gasteiger partial charge on any atom is 0.303 e. The lowest BCUT2D eigenvalue weighted by molar-refractivity contribution is -0.137. The first-order valence-electron chi connectivity index (χ1n) is 7.13. The van der Waals surface area contributed by atoms with Crippen LogP contribution in [0, 0.1) is 5.92 Å². The van der Waals surface area contributed by atoms with Crippen molar-refractivity contribution in [1.82, 2.24) is 4.31 Å². The number of benzene rings is 1. The highest BCUT2D eigenvalue weighted by molar-refractivity contribution is 7.89. The Morgan fingerprint density at radius 3 is 2.67 bits per heavy atom. The molecule has 0 saturated carbocycles. The van der Waals surface area contributed by atoms with E-state index in [1.54, 1.807) is 0 Å². The smallest absolute Gasteiger partial charge is 0.303 e. The predicted octanol–water partition coefficient (Wildman–Crippen LogP) is 1.92. The molecule has 1 aliphatic heterocycles. The first-order valence-corrected chi connectivity index (χ1v) is 8.74. The van der Waals surface area contributed by atoms with Crippen molar-refractivity contribution in [3.8, 4) is 0 Å². The van der Waals surface area contributed by atoms with Crippen LogP contribution in [0.25, 0.3) is 0 Å². The Bertz CT molecular complexity index is 585. The Morgan fingerprint density at radius 2 is 2.05 bits per heavy atom. The lowest BCUT2D eigenvalue weighted by Crippen LogP contribution is -2.32. The van der Waals surface area contributed by atoms with E-state index in [1.807, 2.05) is 37.3 Å². The van der Waals surface area contributed by atoms with Crippen LogP contribution in [-0.2, 0) is 14.8 Å². The highest BCUT2D eigenvalue weighted by Gasteiger charge is 2.33. The van der Waals surface area contributed by atoms with Gasteiger partial charge >= 0.3 is 5.97 Å². The van der Waals surface area contributed by atoms with Crippen LogP contribution >= 0.6 is 0 Å². The molecule has 1 saturated heterocycles. The number of hydrogen-bond donors (Lipinski definition) is 1. The summed E-state index contributed by atoms with van der Waals surface area (Å²) in [7, 11) is -3.34. The Kier molecular flexibility index (Phi) is 5.00. The maximum atomic E-state index is 12.4. The van der Waals surface area contributed by atoms with E-state index in [0.717, 1.165) is 5.56 Å². The number of rotatable bonds is 6. The van der Waals surface area contributed by atoms with Crippen molar-refractivity contribution in [2.45, 2.75) is 25.7 Å². The fraction of sp³-hybridized carbons (Fsp3) is 0.533. The van der Waals surface area contributed by atoms with Crippen LogP contribution in [0.5, 0.6) is 0 Å². The van der Waals surface area contributed by atoms with E-state index in [-0.39, 0.29) is 24.0 Å². The normalized spacial score (nSPS) is 21.3. The summed E-state index contributed by atoms with van der Waals surface area (Å²) in [4.78, 5) is 10.7. The number of carboxylic acid groups (broad SMARTS) is 1. The van der Waals surface area contributed by atoms with Crippen LogP contribution < -0.4 is 0 Å². The minimum atomic E-state index is -3.34.